The average Bonchev–Trinajstić information content (AvgIpc) is 2.79. The molecule has 0 radical (unpaired) electrons. The summed E-state index contributed by atoms with van der Waals surface area (Å²) in [6.07, 6.45) is 4.47. The molecule has 1 heterocycles. The first kappa shape index (κ1) is 10.4. The van der Waals surface area contributed by atoms with Crippen LogP contribution in [0.4, 0.5) is 0 Å². The fraction of sp³-hybridized carbons (Fsp3) is 0.200. The molecule has 0 aliphatic carbocycles. The Morgan fingerprint density at radius 2 is 2.13 bits per heavy atom. The van der Waals surface area contributed by atoms with Gasteiger partial charge in [0, 0.05) is 11.1 Å². The molecule has 1 aromatic carbocycles. The second-order valence-corrected chi connectivity index (χ2v) is 6.72. The lowest BCUT2D eigenvalue weighted by Crippen LogP contribution is -2.08. The minimum absolute atomic E-state index is 0.0780. The number of hydrogen-bond acceptors (Lipinski definition) is 3. The van der Waals surface area contributed by atoms with E-state index in [1.165, 1.54) is 10.3 Å². The van der Waals surface area contributed by atoms with Crippen molar-refractivity contribution in [3.05, 3.63) is 43.0 Å². The minimum atomic E-state index is -0.0780. The van der Waals surface area contributed by atoms with Crippen LogP contribution in [0.5, 0.6) is 0 Å². The molecule has 0 amide bonds. The Bertz CT molecular complexity index is 377. The van der Waals surface area contributed by atoms with Crippen molar-refractivity contribution in [1.29, 1.82) is 0 Å². The second kappa shape index (κ2) is 5.72. The predicted molar refractivity (Wildman–Crippen MR) is 65.7 cm³/mol. The van der Waals surface area contributed by atoms with E-state index >= 15 is 0 Å². The van der Waals surface area contributed by atoms with Crippen LogP contribution in [0.2, 0.25) is 0 Å². The molecule has 0 atom stereocenters. The lowest BCUT2D eigenvalue weighted by atomic mass is 10.4. The van der Waals surface area contributed by atoms with Crippen LogP contribution >= 0.6 is 11.8 Å². The lowest BCUT2D eigenvalue weighted by molar-refractivity contribution is 0.736. The third-order valence-electron chi connectivity index (χ3n) is 2.01. The lowest BCUT2D eigenvalue weighted by Gasteiger charge is -2.00. The smallest absolute Gasteiger partial charge is 0.137 e. The maximum atomic E-state index is 4.09. The van der Waals surface area contributed by atoms with Crippen molar-refractivity contribution in [2.75, 3.05) is 5.38 Å². The summed E-state index contributed by atoms with van der Waals surface area (Å²) in [5, 5.41) is 5.35. The first-order valence-corrected chi connectivity index (χ1v) is 7.94. The monoisotopic (exact) mass is 235 g/mol. The molecule has 0 aliphatic heterocycles. The largest absolute Gasteiger partial charge is 0.257 e. The molecule has 3 nitrogen and oxygen atoms in total. The summed E-state index contributed by atoms with van der Waals surface area (Å²) >= 11 is 1.94. The van der Waals surface area contributed by atoms with Crippen LogP contribution in [-0.4, -0.2) is 29.7 Å². The molecule has 2 rings (SSSR count). The van der Waals surface area contributed by atoms with E-state index in [1.807, 2.05) is 16.4 Å². The van der Waals surface area contributed by atoms with Crippen molar-refractivity contribution in [3.63, 3.8) is 0 Å². The average molecular weight is 235 g/mol. The van der Waals surface area contributed by atoms with E-state index < -0.39 is 0 Å². The van der Waals surface area contributed by atoms with Crippen LogP contribution in [-0.2, 0) is 6.17 Å². The van der Waals surface area contributed by atoms with Crippen molar-refractivity contribution in [3.8, 4) is 0 Å². The van der Waals surface area contributed by atoms with Gasteiger partial charge in [-0.2, -0.15) is 5.10 Å². The van der Waals surface area contributed by atoms with Gasteiger partial charge in [-0.3, -0.25) is 4.68 Å². The van der Waals surface area contributed by atoms with E-state index in [0.717, 1.165) is 6.17 Å². The van der Waals surface area contributed by atoms with Crippen LogP contribution in [0.3, 0.4) is 0 Å². The van der Waals surface area contributed by atoms with Crippen molar-refractivity contribution in [1.82, 2.24) is 14.8 Å². The molecule has 0 N–H and O–H groups in total. The zero-order valence-electron chi connectivity index (χ0n) is 8.41. The van der Waals surface area contributed by atoms with E-state index in [1.54, 1.807) is 12.7 Å². The maximum Gasteiger partial charge on any atom is 0.137 e. The molecule has 0 saturated carbocycles. The van der Waals surface area contributed by atoms with E-state index in [0.29, 0.717) is 0 Å². The Hall–Kier alpha value is -1.07. The van der Waals surface area contributed by atoms with Gasteiger partial charge in [-0.25, -0.2) is 4.98 Å². The van der Waals surface area contributed by atoms with Gasteiger partial charge in [-0.15, -0.1) is 11.8 Å². The summed E-state index contributed by atoms with van der Waals surface area (Å²) in [5.74, 6) is 0. The standard InChI is InChI=1S/C10H13N3SSi/c1-2-4-10(5-3-1)14-9-15-8-13-7-11-6-12-13/h1-7H,8-9,15H2. The van der Waals surface area contributed by atoms with Gasteiger partial charge in [-0.1, -0.05) is 18.2 Å². The normalized spacial score (nSPS) is 11.2. The number of hydrogen-bond donors (Lipinski definition) is 0. The number of benzene rings is 1. The van der Waals surface area contributed by atoms with Gasteiger partial charge in [0.1, 0.15) is 12.7 Å². The van der Waals surface area contributed by atoms with Crippen LogP contribution in [0.25, 0.3) is 0 Å². The topological polar surface area (TPSA) is 30.7 Å². The van der Waals surface area contributed by atoms with Gasteiger partial charge < -0.3 is 0 Å². The van der Waals surface area contributed by atoms with Gasteiger partial charge in [0.05, 0.1) is 9.52 Å². The summed E-state index contributed by atoms with van der Waals surface area (Å²) in [6, 6.07) is 10.5. The maximum absolute atomic E-state index is 4.09. The highest BCUT2D eigenvalue weighted by atomic mass is 32.2. The zero-order valence-corrected chi connectivity index (χ0v) is 10.6. The first-order chi connectivity index (χ1) is 7.45. The third kappa shape index (κ3) is 3.52. The zero-order chi connectivity index (χ0) is 10.3. The molecule has 2 aromatic rings. The Labute approximate surface area is 95.7 Å². The quantitative estimate of drug-likeness (QED) is 0.442. The van der Waals surface area contributed by atoms with Gasteiger partial charge in [-0.05, 0) is 17.5 Å². The SMILES string of the molecule is c1ccc(SC[SiH2]Cn2cncn2)cc1. The highest BCUT2D eigenvalue weighted by Gasteiger charge is 1.95. The van der Waals surface area contributed by atoms with Gasteiger partial charge in [0.25, 0.3) is 0 Å². The fourth-order valence-corrected chi connectivity index (χ4v) is 4.22. The van der Waals surface area contributed by atoms with Gasteiger partial charge >= 0.3 is 0 Å². The summed E-state index contributed by atoms with van der Waals surface area (Å²) in [4.78, 5) is 5.29. The van der Waals surface area contributed by atoms with Crippen LogP contribution in [0.15, 0.2) is 47.9 Å². The molecule has 0 unspecified atom stereocenters. The van der Waals surface area contributed by atoms with Crippen molar-refractivity contribution >= 4 is 21.3 Å². The molecule has 1 aromatic heterocycles. The van der Waals surface area contributed by atoms with Crippen molar-refractivity contribution in [2.45, 2.75) is 11.1 Å². The molecule has 5 heteroatoms. The fourth-order valence-electron chi connectivity index (χ4n) is 1.28. The summed E-state index contributed by atoms with van der Waals surface area (Å²) < 4.78 is 1.93. The van der Waals surface area contributed by atoms with E-state index in [2.05, 4.69) is 40.4 Å². The molecular formula is C10H13N3SSi. The first-order valence-electron chi connectivity index (χ1n) is 4.95. The molecule has 0 bridgehead atoms. The summed E-state index contributed by atoms with van der Waals surface area (Å²) in [6.45, 7) is 0. The number of thioether (sulfide) groups is 1. The Morgan fingerprint density at radius 3 is 2.87 bits per heavy atom. The molecule has 0 aliphatic rings. The van der Waals surface area contributed by atoms with Crippen LogP contribution in [0, 0.1) is 0 Å². The Kier molecular flexibility index (Phi) is 3.98. The van der Waals surface area contributed by atoms with E-state index in [-0.39, 0.29) is 9.52 Å². The van der Waals surface area contributed by atoms with Gasteiger partial charge in [0.2, 0.25) is 0 Å². The van der Waals surface area contributed by atoms with E-state index in [4.69, 9.17) is 0 Å². The number of rotatable bonds is 5. The predicted octanol–water partition coefficient (Wildman–Crippen LogP) is 1.15. The molecule has 78 valence electrons. The Morgan fingerprint density at radius 1 is 1.27 bits per heavy atom. The molecule has 15 heavy (non-hydrogen) atoms. The number of nitrogens with zero attached hydrogens (tertiary/aromatic N) is 3. The Balaban J connectivity index is 1.68. The van der Waals surface area contributed by atoms with Crippen molar-refractivity contribution in [2.24, 2.45) is 0 Å². The highest BCUT2D eigenvalue weighted by molar-refractivity contribution is 8.00. The molecular weight excluding hydrogens is 222 g/mol. The molecule has 0 saturated heterocycles. The minimum Gasteiger partial charge on any atom is -0.257 e. The molecule has 0 fully saturated rings. The van der Waals surface area contributed by atoms with Crippen LogP contribution < -0.4 is 0 Å². The number of aromatic nitrogens is 3. The van der Waals surface area contributed by atoms with Gasteiger partial charge in [0.15, 0.2) is 0 Å². The van der Waals surface area contributed by atoms with Crippen molar-refractivity contribution < 1.29 is 0 Å². The van der Waals surface area contributed by atoms with Crippen LogP contribution in [0.1, 0.15) is 0 Å². The summed E-state index contributed by atoms with van der Waals surface area (Å²) in [7, 11) is -0.0780. The highest BCUT2D eigenvalue weighted by Crippen LogP contribution is 2.15. The molecule has 0 spiro atoms. The third-order valence-corrected chi connectivity index (χ3v) is 5.36. The van der Waals surface area contributed by atoms with E-state index in [9.17, 15) is 0 Å². The summed E-state index contributed by atoms with van der Waals surface area (Å²) in [5.41, 5.74) is 0. The second-order valence-electron chi connectivity index (χ2n) is 3.17.